The summed E-state index contributed by atoms with van der Waals surface area (Å²) in [7, 11) is 0. The summed E-state index contributed by atoms with van der Waals surface area (Å²) in [6.45, 7) is 2.85. The maximum absolute atomic E-state index is 14.1. The van der Waals surface area contributed by atoms with Gasteiger partial charge in [-0.05, 0) is 38.2 Å². The van der Waals surface area contributed by atoms with Gasteiger partial charge in [-0.1, -0.05) is 6.07 Å². The summed E-state index contributed by atoms with van der Waals surface area (Å²) in [5.41, 5.74) is 1.65. The van der Waals surface area contributed by atoms with E-state index < -0.39 is 0 Å². The van der Waals surface area contributed by atoms with E-state index in [9.17, 15) is 4.39 Å². The number of nitrogens with one attached hydrogen (secondary N) is 1. The smallest absolute Gasteiger partial charge is 0.134 e. The lowest BCUT2D eigenvalue weighted by Gasteiger charge is -2.05. The van der Waals surface area contributed by atoms with Gasteiger partial charge >= 0.3 is 0 Å². The summed E-state index contributed by atoms with van der Waals surface area (Å²) in [5, 5.41) is 4.28. The van der Waals surface area contributed by atoms with E-state index in [-0.39, 0.29) is 5.82 Å². The van der Waals surface area contributed by atoms with E-state index in [1.165, 1.54) is 23.8 Å². The van der Waals surface area contributed by atoms with Crippen LogP contribution in [0.5, 0.6) is 0 Å². The molecule has 1 saturated carbocycles. The van der Waals surface area contributed by atoms with Crippen molar-refractivity contribution in [3.63, 3.8) is 0 Å². The maximum atomic E-state index is 14.1. The maximum Gasteiger partial charge on any atom is 0.134 e. The summed E-state index contributed by atoms with van der Waals surface area (Å²) in [5.74, 6) is -0.188. The molecule has 0 unspecified atom stereocenters. The van der Waals surface area contributed by atoms with Crippen LogP contribution in [0.25, 0.3) is 10.6 Å². The van der Waals surface area contributed by atoms with E-state index in [1.807, 2.05) is 19.2 Å². The second kappa shape index (κ2) is 5.84. The first-order valence-electron chi connectivity index (χ1n) is 6.71. The average molecular weight is 308 g/mol. The predicted molar refractivity (Wildman–Crippen MR) is 83.9 cm³/mol. The van der Waals surface area contributed by atoms with Crippen molar-refractivity contribution < 1.29 is 4.39 Å². The third-order valence-electron chi connectivity index (χ3n) is 3.43. The Kier molecular flexibility index (Phi) is 4.10. The molecule has 1 aromatic carbocycles. The lowest BCUT2D eigenvalue weighted by molar-refractivity contribution is 0.628. The number of aryl methyl sites for hydroxylation is 1. The highest BCUT2D eigenvalue weighted by atomic mass is 32.2. The molecule has 1 aliphatic carbocycles. The Bertz CT molecular complexity index is 620. The Morgan fingerprint density at radius 1 is 1.45 bits per heavy atom. The molecule has 0 bridgehead atoms. The second-order valence-corrected chi connectivity index (χ2v) is 6.93. The van der Waals surface area contributed by atoms with Crippen LogP contribution in [0.3, 0.4) is 0 Å². The summed E-state index contributed by atoms with van der Waals surface area (Å²) in [6, 6.07) is 5.88. The summed E-state index contributed by atoms with van der Waals surface area (Å²) >= 11 is 3.16. The van der Waals surface area contributed by atoms with Crippen molar-refractivity contribution in [2.24, 2.45) is 0 Å². The summed E-state index contributed by atoms with van der Waals surface area (Å²) < 4.78 is 14.1. The van der Waals surface area contributed by atoms with E-state index in [4.69, 9.17) is 0 Å². The Balaban J connectivity index is 1.91. The first-order chi connectivity index (χ1) is 9.69. The van der Waals surface area contributed by atoms with E-state index in [0.717, 1.165) is 22.1 Å². The number of benzene rings is 1. The van der Waals surface area contributed by atoms with Crippen LogP contribution < -0.4 is 5.32 Å². The van der Waals surface area contributed by atoms with Gasteiger partial charge in [-0.15, -0.1) is 23.1 Å². The molecule has 0 amide bonds. The molecule has 1 aromatic heterocycles. The minimum Gasteiger partial charge on any atom is -0.309 e. The molecule has 0 aliphatic heterocycles. The largest absolute Gasteiger partial charge is 0.309 e. The fourth-order valence-electron chi connectivity index (χ4n) is 2.11. The fraction of sp³-hybridized carbons (Fsp3) is 0.400. The zero-order valence-corrected chi connectivity index (χ0v) is 13.2. The van der Waals surface area contributed by atoms with Gasteiger partial charge in [0, 0.05) is 22.4 Å². The van der Waals surface area contributed by atoms with E-state index >= 15 is 0 Å². The molecule has 5 heteroatoms. The summed E-state index contributed by atoms with van der Waals surface area (Å²) in [4.78, 5) is 6.73. The number of thioether (sulfide) groups is 1. The Hall–Kier alpha value is -0.910. The van der Waals surface area contributed by atoms with Crippen LogP contribution in [0.15, 0.2) is 23.1 Å². The second-order valence-electron chi connectivity index (χ2n) is 5.00. The fourth-order valence-corrected chi connectivity index (χ4v) is 3.86. The predicted octanol–water partition coefficient (Wildman–Crippen LogP) is 4.23. The molecule has 0 saturated heterocycles. The summed E-state index contributed by atoms with van der Waals surface area (Å²) in [6.07, 6.45) is 4.51. The average Bonchev–Trinajstić information content (AvgIpc) is 3.19. The van der Waals surface area contributed by atoms with Gasteiger partial charge in [0.25, 0.3) is 0 Å². The van der Waals surface area contributed by atoms with Crippen LogP contribution in [0.1, 0.15) is 23.4 Å². The van der Waals surface area contributed by atoms with Gasteiger partial charge in [-0.25, -0.2) is 9.37 Å². The quantitative estimate of drug-likeness (QED) is 0.837. The van der Waals surface area contributed by atoms with Crippen LogP contribution in [0.4, 0.5) is 4.39 Å². The van der Waals surface area contributed by atoms with Crippen LogP contribution in [-0.2, 0) is 6.54 Å². The molecule has 20 heavy (non-hydrogen) atoms. The highest BCUT2D eigenvalue weighted by molar-refractivity contribution is 7.98. The van der Waals surface area contributed by atoms with Gasteiger partial charge in [-0.3, -0.25) is 0 Å². The minimum atomic E-state index is -0.188. The Labute approximate surface area is 126 Å². The molecule has 1 aliphatic rings. The van der Waals surface area contributed by atoms with E-state index in [1.54, 1.807) is 29.2 Å². The van der Waals surface area contributed by atoms with E-state index in [2.05, 4.69) is 10.3 Å². The topological polar surface area (TPSA) is 24.9 Å². The molecular formula is C15H17FN2S2. The lowest BCUT2D eigenvalue weighted by atomic mass is 10.2. The molecule has 1 heterocycles. The number of rotatable bonds is 5. The first kappa shape index (κ1) is 14.0. The lowest BCUT2D eigenvalue weighted by Crippen LogP contribution is -2.14. The number of halogens is 1. The molecule has 2 nitrogen and oxygen atoms in total. The third kappa shape index (κ3) is 2.90. The normalized spacial score (nSPS) is 14.8. The van der Waals surface area contributed by atoms with Crippen molar-refractivity contribution in [3.8, 4) is 10.6 Å². The van der Waals surface area contributed by atoms with Gasteiger partial charge in [0.1, 0.15) is 10.8 Å². The molecule has 0 atom stereocenters. The van der Waals surface area contributed by atoms with Gasteiger partial charge < -0.3 is 5.32 Å². The Morgan fingerprint density at radius 3 is 2.95 bits per heavy atom. The molecule has 1 N–H and O–H groups in total. The van der Waals surface area contributed by atoms with Crippen molar-refractivity contribution >= 4 is 23.1 Å². The molecular weight excluding hydrogens is 291 g/mol. The van der Waals surface area contributed by atoms with Gasteiger partial charge in [-0.2, -0.15) is 0 Å². The highest BCUT2D eigenvalue weighted by Gasteiger charge is 2.22. The van der Waals surface area contributed by atoms with Crippen molar-refractivity contribution in [3.05, 3.63) is 34.6 Å². The zero-order valence-electron chi connectivity index (χ0n) is 11.6. The molecule has 0 spiro atoms. The van der Waals surface area contributed by atoms with Crippen LogP contribution in [0, 0.1) is 12.7 Å². The zero-order chi connectivity index (χ0) is 14.1. The minimum absolute atomic E-state index is 0.188. The van der Waals surface area contributed by atoms with Crippen molar-refractivity contribution in [2.45, 2.75) is 37.2 Å². The standard InChI is InChI=1S/C15H17FN2S2/c1-9-13(8-17-10-6-7-10)20-15(18-9)14-11(16)4-3-5-12(14)19-2/h3-5,10,17H,6-8H2,1-2H3. The van der Waals surface area contributed by atoms with Crippen LogP contribution in [-0.4, -0.2) is 17.3 Å². The number of hydrogen-bond donors (Lipinski definition) is 1. The highest BCUT2D eigenvalue weighted by Crippen LogP contribution is 2.36. The first-order valence-corrected chi connectivity index (χ1v) is 8.75. The van der Waals surface area contributed by atoms with Gasteiger partial charge in [0.15, 0.2) is 0 Å². The van der Waals surface area contributed by atoms with Gasteiger partial charge in [0.05, 0.1) is 11.3 Å². The molecule has 2 aromatic rings. The van der Waals surface area contributed by atoms with Crippen molar-refractivity contribution in [2.75, 3.05) is 6.26 Å². The SMILES string of the molecule is CSc1cccc(F)c1-c1nc(C)c(CNC2CC2)s1. The number of thiazole rings is 1. The third-order valence-corrected chi connectivity index (χ3v) is 5.39. The van der Waals surface area contributed by atoms with Crippen molar-refractivity contribution in [1.82, 2.24) is 10.3 Å². The van der Waals surface area contributed by atoms with E-state index in [0.29, 0.717) is 11.6 Å². The Morgan fingerprint density at radius 2 is 2.25 bits per heavy atom. The van der Waals surface area contributed by atoms with Crippen LogP contribution in [0.2, 0.25) is 0 Å². The number of nitrogens with zero attached hydrogens (tertiary/aromatic N) is 1. The number of aromatic nitrogens is 1. The van der Waals surface area contributed by atoms with Crippen molar-refractivity contribution in [1.29, 1.82) is 0 Å². The molecule has 1 fully saturated rings. The monoisotopic (exact) mass is 308 g/mol. The molecule has 106 valence electrons. The van der Waals surface area contributed by atoms with Gasteiger partial charge in [0.2, 0.25) is 0 Å². The number of hydrogen-bond acceptors (Lipinski definition) is 4. The molecule has 3 rings (SSSR count). The van der Waals surface area contributed by atoms with Crippen LogP contribution >= 0.6 is 23.1 Å². The molecule has 0 radical (unpaired) electrons.